The minimum atomic E-state index is -0.254. The van der Waals surface area contributed by atoms with Crippen LogP contribution in [0.3, 0.4) is 0 Å². The summed E-state index contributed by atoms with van der Waals surface area (Å²) in [5.74, 6) is 1.10. The third-order valence-corrected chi connectivity index (χ3v) is 4.43. The Morgan fingerprint density at radius 1 is 1.21 bits per heavy atom. The van der Waals surface area contributed by atoms with E-state index in [4.69, 9.17) is 16.3 Å². The minimum absolute atomic E-state index is 0.0718. The van der Waals surface area contributed by atoms with Crippen molar-refractivity contribution >= 4 is 17.5 Å². The van der Waals surface area contributed by atoms with Crippen LogP contribution in [0.5, 0.6) is 5.75 Å². The number of nitrogens with one attached hydrogen (secondary N) is 1. The molecule has 1 aliphatic carbocycles. The third kappa shape index (κ3) is 3.90. The fraction of sp³-hybridized carbons (Fsp3) is 0.350. The normalized spacial score (nSPS) is 15.2. The lowest BCUT2D eigenvalue weighted by Crippen LogP contribution is -2.34. The smallest absolute Gasteiger partial charge is 0.252 e. The molecular formula is C20H22ClNO2. The Kier molecular flexibility index (Phi) is 4.81. The van der Waals surface area contributed by atoms with Crippen LogP contribution in [0, 0.1) is 5.92 Å². The van der Waals surface area contributed by atoms with Crippen molar-refractivity contribution < 1.29 is 9.53 Å². The van der Waals surface area contributed by atoms with Gasteiger partial charge in [-0.3, -0.25) is 4.79 Å². The molecule has 0 radical (unpaired) electrons. The molecule has 2 aromatic carbocycles. The van der Waals surface area contributed by atoms with Crippen LogP contribution in [0.25, 0.3) is 0 Å². The van der Waals surface area contributed by atoms with E-state index < -0.39 is 0 Å². The van der Waals surface area contributed by atoms with Gasteiger partial charge in [0.15, 0.2) is 0 Å². The van der Waals surface area contributed by atoms with Gasteiger partial charge in [-0.05, 0) is 54.7 Å². The summed E-state index contributed by atoms with van der Waals surface area (Å²) >= 11 is 5.95. The molecule has 1 fully saturated rings. The number of ether oxygens (including phenoxy) is 1. The molecule has 0 saturated heterocycles. The second-order valence-corrected chi connectivity index (χ2v) is 7.21. The first-order chi connectivity index (χ1) is 11.5. The average molecular weight is 344 g/mol. The molecule has 0 aliphatic heterocycles. The van der Waals surface area contributed by atoms with Crippen LogP contribution < -0.4 is 10.1 Å². The van der Waals surface area contributed by atoms with Crippen LogP contribution in [0.4, 0.5) is 0 Å². The third-order valence-electron chi connectivity index (χ3n) is 4.18. The first kappa shape index (κ1) is 16.8. The summed E-state index contributed by atoms with van der Waals surface area (Å²) in [6.07, 6.45) is 1.90. The molecule has 0 atom stereocenters. The largest absolute Gasteiger partial charge is 0.493 e. The zero-order valence-corrected chi connectivity index (χ0v) is 14.8. The molecule has 1 amide bonds. The Balaban J connectivity index is 1.71. The molecule has 1 aliphatic rings. The van der Waals surface area contributed by atoms with Crippen molar-refractivity contribution in [2.75, 3.05) is 6.61 Å². The van der Waals surface area contributed by atoms with Crippen molar-refractivity contribution in [2.24, 2.45) is 5.92 Å². The number of benzene rings is 2. The van der Waals surface area contributed by atoms with E-state index in [1.807, 2.05) is 42.5 Å². The highest BCUT2D eigenvalue weighted by Gasteiger charge is 2.45. The predicted octanol–water partition coefficient (Wildman–Crippen LogP) is 4.79. The van der Waals surface area contributed by atoms with Crippen LogP contribution in [0.1, 0.15) is 42.6 Å². The summed E-state index contributed by atoms with van der Waals surface area (Å²) in [6.45, 7) is 4.83. The topological polar surface area (TPSA) is 38.3 Å². The second-order valence-electron chi connectivity index (χ2n) is 6.78. The zero-order chi connectivity index (χ0) is 17.2. The predicted molar refractivity (Wildman–Crippen MR) is 96.6 cm³/mol. The van der Waals surface area contributed by atoms with Crippen LogP contribution in [0.2, 0.25) is 5.02 Å². The van der Waals surface area contributed by atoms with E-state index in [1.165, 1.54) is 0 Å². The Labute approximate surface area is 148 Å². The minimum Gasteiger partial charge on any atom is -0.493 e. The summed E-state index contributed by atoms with van der Waals surface area (Å²) in [4.78, 5) is 12.6. The van der Waals surface area contributed by atoms with E-state index in [0.29, 0.717) is 23.1 Å². The average Bonchev–Trinajstić information content (AvgIpc) is 3.34. The number of rotatable bonds is 6. The summed E-state index contributed by atoms with van der Waals surface area (Å²) in [6, 6.07) is 15.0. The van der Waals surface area contributed by atoms with Gasteiger partial charge in [0.2, 0.25) is 0 Å². The zero-order valence-electron chi connectivity index (χ0n) is 14.0. The van der Waals surface area contributed by atoms with E-state index >= 15 is 0 Å². The summed E-state index contributed by atoms with van der Waals surface area (Å²) in [5, 5.41) is 3.88. The van der Waals surface area contributed by atoms with Crippen molar-refractivity contribution in [2.45, 2.75) is 32.2 Å². The van der Waals surface area contributed by atoms with Crippen molar-refractivity contribution in [3.8, 4) is 5.75 Å². The number of hydrogen-bond acceptors (Lipinski definition) is 2. The van der Waals surface area contributed by atoms with Crippen molar-refractivity contribution in [3.05, 3.63) is 64.7 Å². The van der Waals surface area contributed by atoms with Gasteiger partial charge in [0.05, 0.1) is 12.1 Å². The first-order valence-corrected chi connectivity index (χ1v) is 8.68. The van der Waals surface area contributed by atoms with E-state index in [1.54, 1.807) is 6.07 Å². The van der Waals surface area contributed by atoms with Crippen LogP contribution in [0.15, 0.2) is 48.5 Å². The molecule has 0 heterocycles. The van der Waals surface area contributed by atoms with Gasteiger partial charge < -0.3 is 10.1 Å². The number of carbonyl (C=O) groups excluding carboxylic acids is 1. The molecule has 0 aromatic heterocycles. The highest BCUT2D eigenvalue weighted by atomic mass is 35.5. The van der Waals surface area contributed by atoms with Gasteiger partial charge in [0.25, 0.3) is 5.91 Å². The Bertz CT molecular complexity index is 721. The molecule has 2 aromatic rings. The maximum Gasteiger partial charge on any atom is 0.252 e. The number of amides is 1. The fourth-order valence-electron chi connectivity index (χ4n) is 2.66. The monoisotopic (exact) mass is 343 g/mol. The van der Waals surface area contributed by atoms with Crippen LogP contribution >= 0.6 is 11.6 Å². The summed E-state index contributed by atoms with van der Waals surface area (Å²) in [7, 11) is 0. The molecule has 1 N–H and O–H groups in total. The second kappa shape index (κ2) is 6.86. The molecule has 4 heteroatoms. The van der Waals surface area contributed by atoms with E-state index in [0.717, 1.165) is 24.2 Å². The van der Waals surface area contributed by atoms with Gasteiger partial charge in [0, 0.05) is 10.6 Å². The fourth-order valence-corrected chi connectivity index (χ4v) is 2.79. The van der Waals surface area contributed by atoms with Crippen LogP contribution in [-0.2, 0) is 5.54 Å². The lowest BCUT2D eigenvalue weighted by molar-refractivity contribution is 0.0930. The summed E-state index contributed by atoms with van der Waals surface area (Å²) in [5.41, 5.74) is 1.47. The highest BCUT2D eigenvalue weighted by Crippen LogP contribution is 2.45. The van der Waals surface area contributed by atoms with Gasteiger partial charge in [-0.1, -0.05) is 43.6 Å². The Hall–Kier alpha value is -2.00. The molecule has 1 saturated carbocycles. The lowest BCUT2D eigenvalue weighted by atomic mass is 10.0. The highest BCUT2D eigenvalue weighted by molar-refractivity contribution is 6.30. The van der Waals surface area contributed by atoms with Gasteiger partial charge in [-0.2, -0.15) is 0 Å². The van der Waals surface area contributed by atoms with Crippen molar-refractivity contribution in [1.29, 1.82) is 0 Å². The van der Waals surface area contributed by atoms with Crippen LogP contribution in [-0.4, -0.2) is 12.5 Å². The lowest BCUT2D eigenvalue weighted by Gasteiger charge is -2.18. The van der Waals surface area contributed by atoms with E-state index in [-0.39, 0.29) is 11.4 Å². The van der Waals surface area contributed by atoms with Gasteiger partial charge in [-0.25, -0.2) is 0 Å². The Morgan fingerprint density at radius 3 is 2.54 bits per heavy atom. The Morgan fingerprint density at radius 2 is 1.92 bits per heavy atom. The van der Waals surface area contributed by atoms with Gasteiger partial charge in [0.1, 0.15) is 5.75 Å². The molecule has 3 nitrogen and oxygen atoms in total. The molecule has 24 heavy (non-hydrogen) atoms. The molecule has 0 bridgehead atoms. The maximum atomic E-state index is 12.6. The van der Waals surface area contributed by atoms with Crippen molar-refractivity contribution in [1.82, 2.24) is 5.32 Å². The number of carbonyl (C=O) groups is 1. The standard InChI is InChI=1S/C20H22ClNO2/c1-14(2)13-24-18-5-3-4-15(12-18)19(23)22-20(10-11-20)16-6-8-17(21)9-7-16/h3-9,12,14H,10-11,13H2,1-2H3,(H,22,23). The molecule has 0 spiro atoms. The molecule has 126 valence electrons. The first-order valence-electron chi connectivity index (χ1n) is 8.30. The van der Waals surface area contributed by atoms with Crippen molar-refractivity contribution in [3.63, 3.8) is 0 Å². The summed E-state index contributed by atoms with van der Waals surface area (Å²) < 4.78 is 5.71. The van der Waals surface area contributed by atoms with Gasteiger partial charge in [-0.15, -0.1) is 0 Å². The SMILES string of the molecule is CC(C)COc1cccc(C(=O)NC2(c3ccc(Cl)cc3)CC2)c1. The molecule has 3 rings (SSSR count). The number of hydrogen-bond donors (Lipinski definition) is 1. The maximum absolute atomic E-state index is 12.6. The van der Waals surface area contributed by atoms with E-state index in [9.17, 15) is 4.79 Å². The van der Waals surface area contributed by atoms with E-state index in [2.05, 4.69) is 19.2 Å². The number of halogens is 1. The molecule has 0 unspecified atom stereocenters. The molecular weight excluding hydrogens is 322 g/mol. The quantitative estimate of drug-likeness (QED) is 0.818. The van der Waals surface area contributed by atoms with Gasteiger partial charge >= 0.3 is 0 Å².